The molecular weight excluding hydrogens is 1480 g/mol. The van der Waals surface area contributed by atoms with Crippen LogP contribution >= 0.6 is 12.6 Å². The molecule has 0 aromatic heterocycles. The van der Waals surface area contributed by atoms with Gasteiger partial charge in [-0.2, -0.15) is 12.6 Å². The molecule has 0 radical (unpaired) electrons. The third-order valence-electron chi connectivity index (χ3n) is 22.6. The number of benzene rings is 3. The Morgan fingerprint density at radius 3 is 0.932 bits per heavy atom. The number of aliphatic hydroxyl groups is 1. The van der Waals surface area contributed by atoms with Gasteiger partial charge in [0.05, 0.1) is 52.9 Å². The minimum absolute atomic E-state index is 0.263. The van der Waals surface area contributed by atoms with Crippen LogP contribution < -0.4 is 5.32 Å². The Morgan fingerprint density at radius 2 is 0.695 bits per heavy atom. The van der Waals surface area contributed by atoms with Crippen LogP contribution in [0.3, 0.4) is 0 Å². The number of rotatable bonds is 74. The number of ether oxygens (including phenoxy) is 7. The number of nitrogens with one attached hydrogen (secondary N) is 1. The molecule has 690 valence electrons. The topological polar surface area (TPSA) is 155 Å². The molecule has 3 aromatic carbocycles. The fourth-order valence-electron chi connectivity index (χ4n) is 14.2. The quantitative estimate of drug-likeness (QED) is 0.0140. The van der Waals surface area contributed by atoms with Crippen LogP contribution in [0, 0.1) is 5.41 Å². The number of carbonyl (C=O) groups excluding carboxylic acids is 2. The van der Waals surface area contributed by atoms with E-state index in [9.17, 15) is 9.59 Å². The summed E-state index contributed by atoms with van der Waals surface area (Å²) < 4.78 is 35.1. The average Bonchev–Trinajstić information content (AvgIpc) is 1.31. The summed E-state index contributed by atoms with van der Waals surface area (Å²) in [6.45, 7) is 25.0. The molecule has 3 fully saturated rings. The number of para-hydroxylation sites is 1. The smallest absolute Gasteiger partial charge is 0.508 e. The molecule has 3 N–H and O–H groups in total. The van der Waals surface area contributed by atoms with E-state index in [1.165, 1.54) is 397 Å². The lowest BCUT2D eigenvalue weighted by Gasteiger charge is -2.39. The molecule has 0 aliphatic carbocycles. The third kappa shape index (κ3) is 93.0. The standard InChI is InChI=1S/C42H84O2.C11H12O4.C10H12O2.C10H22O.C10H22S.C9H21N.C7H14O.C6H6O/c1-2-3-4-5-6-7-8-9-10-11-12-13-14-15-16-17-18-19-20-21-22-23-24-25-26-27-28-29-30-31-32-33-34-35-36-37-38-39-40-41-44-42-43;12-11-14-8-10(15-11)7-13-6-9-4-2-1-3-5-9;1-2-4-9(5-3-1)6-11-7-10-8-12-10;2*1-2-3-4-5-6-7-8-9-10-11;1-3-5-6-7-8-9-10-4-2;1-3-7(4-2)5-8-6-7;7-6-4-2-1-3-5-6/h42H,2-41H2,1H3;1-5,10H,6-8H2;1-5,10H,6-8H2;2*11H,2-10H2,1H3;10H,3-9H2,1-2H3;3-6H2,1-2H3;1-5,7H. The highest BCUT2D eigenvalue weighted by atomic mass is 32.1. The van der Waals surface area contributed by atoms with Crippen molar-refractivity contribution in [2.45, 2.75) is 472 Å². The summed E-state index contributed by atoms with van der Waals surface area (Å²) in [5.74, 6) is 1.39. The van der Waals surface area contributed by atoms with Gasteiger partial charge in [0.15, 0.2) is 6.10 Å². The first kappa shape index (κ1) is 116. The van der Waals surface area contributed by atoms with Crippen molar-refractivity contribution in [3.05, 3.63) is 102 Å². The number of hydrogen-bond acceptors (Lipinski definition) is 13. The predicted octanol–water partition coefficient (Wildman–Crippen LogP) is 31.7. The highest BCUT2D eigenvalue weighted by Crippen LogP contribution is 2.34. The Morgan fingerprint density at radius 1 is 0.398 bits per heavy atom. The molecule has 3 aromatic rings. The second kappa shape index (κ2) is 100. The zero-order valence-electron chi connectivity index (χ0n) is 78.4. The van der Waals surface area contributed by atoms with Crippen LogP contribution in [0.1, 0.15) is 458 Å². The zero-order chi connectivity index (χ0) is 86.0. The van der Waals surface area contributed by atoms with Gasteiger partial charge in [0, 0.05) is 12.0 Å². The molecule has 3 aliphatic rings. The summed E-state index contributed by atoms with van der Waals surface area (Å²) in [6.07, 6.45) is 86.8. The van der Waals surface area contributed by atoms with E-state index in [0.717, 1.165) is 57.1 Å². The highest BCUT2D eigenvalue weighted by Gasteiger charge is 2.34. The van der Waals surface area contributed by atoms with Crippen molar-refractivity contribution in [1.82, 2.24) is 5.32 Å². The molecule has 13 heteroatoms. The third-order valence-corrected chi connectivity index (χ3v) is 22.9. The van der Waals surface area contributed by atoms with Crippen LogP contribution in [0.2, 0.25) is 0 Å². The van der Waals surface area contributed by atoms with Gasteiger partial charge in [0.25, 0.3) is 6.47 Å². The van der Waals surface area contributed by atoms with Gasteiger partial charge >= 0.3 is 6.16 Å². The summed E-state index contributed by atoms with van der Waals surface area (Å²) in [6, 6.07) is 28.7. The first-order valence-corrected chi connectivity index (χ1v) is 50.8. The largest absolute Gasteiger partial charge is 0.508 e. The fourth-order valence-corrected chi connectivity index (χ4v) is 14.4. The Balaban J connectivity index is 0. The summed E-state index contributed by atoms with van der Waals surface area (Å²) in [5, 5.41) is 20.5. The second-order valence-corrected chi connectivity index (χ2v) is 34.3. The fraction of sp³-hybridized carbons (Fsp3) is 0.810. The van der Waals surface area contributed by atoms with Crippen LogP contribution in [0.15, 0.2) is 91.0 Å². The number of thiol groups is 1. The molecule has 3 heterocycles. The summed E-state index contributed by atoms with van der Waals surface area (Å²) in [5.41, 5.74) is 2.90. The second-order valence-electron chi connectivity index (χ2n) is 33.9. The molecule has 3 aliphatic heterocycles. The van der Waals surface area contributed by atoms with Crippen molar-refractivity contribution in [3.63, 3.8) is 0 Å². The number of cyclic esters (lactones) is 2. The molecule has 0 spiro atoms. The van der Waals surface area contributed by atoms with E-state index in [1.54, 1.807) is 24.3 Å². The maximum Gasteiger partial charge on any atom is 0.508 e. The van der Waals surface area contributed by atoms with Gasteiger partial charge in [0.2, 0.25) is 0 Å². The highest BCUT2D eigenvalue weighted by molar-refractivity contribution is 7.80. The molecule has 2 unspecified atom stereocenters. The average molecular weight is 1680 g/mol. The van der Waals surface area contributed by atoms with E-state index in [-0.39, 0.29) is 12.7 Å². The number of phenols is 1. The summed E-state index contributed by atoms with van der Waals surface area (Å²) in [7, 11) is 0. The van der Waals surface area contributed by atoms with Gasteiger partial charge in [-0.3, -0.25) is 4.79 Å². The molecule has 6 rings (SSSR count). The maximum absolute atomic E-state index is 10.6. The van der Waals surface area contributed by atoms with Crippen LogP contribution in [0.25, 0.3) is 0 Å². The van der Waals surface area contributed by atoms with Crippen molar-refractivity contribution in [3.8, 4) is 5.75 Å². The van der Waals surface area contributed by atoms with Gasteiger partial charge in [-0.25, -0.2) is 4.79 Å². The van der Waals surface area contributed by atoms with E-state index in [4.69, 9.17) is 38.6 Å². The number of hydrogen-bond donors (Lipinski definition) is 4. The lowest BCUT2D eigenvalue weighted by Crippen LogP contribution is -2.41. The Hall–Kier alpha value is -3.69. The monoisotopic (exact) mass is 1680 g/mol. The number of unbranched alkanes of at least 4 members (excludes halogenated alkanes) is 56. The van der Waals surface area contributed by atoms with Crippen LogP contribution in [-0.4, -0.2) is 107 Å². The van der Waals surface area contributed by atoms with Crippen molar-refractivity contribution >= 4 is 25.3 Å². The first-order valence-electron chi connectivity index (χ1n) is 50.2. The first-order chi connectivity index (χ1) is 58.2. The molecule has 0 bridgehead atoms. The number of aromatic hydroxyl groups is 1. The van der Waals surface area contributed by atoms with E-state index < -0.39 is 6.16 Å². The van der Waals surface area contributed by atoms with Gasteiger partial charge < -0.3 is 48.7 Å². The normalized spacial score (nSPS) is 13.9. The number of epoxide rings is 1. The molecule has 0 amide bonds. The minimum atomic E-state index is -0.608. The Kier molecular flexibility index (Phi) is 99.0. The molecular formula is C105H193NO11S. The summed E-state index contributed by atoms with van der Waals surface area (Å²) >= 11 is 4.18. The predicted molar refractivity (Wildman–Crippen MR) is 511 cm³/mol. The lowest BCUT2D eigenvalue weighted by molar-refractivity contribution is -0.128. The van der Waals surface area contributed by atoms with Crippen LogP contribution in [0.4, 0.5) is 4.79 Å². The van der Waals surface area contributed by atoms with Gasteiger partial charge in [-0.1, -0.05) is 487 Å². The van der Waals surface area contributed by atoms with E-state index in [1.807, 2.05) is 54.6 Å². The molecule has 2 atom stereocenters. The van der Waals surface area contributed by atoms with Gasteiger partial charge in [-0.15, -0.1) is 0 Å². The van der Waals surface area contributed by atoms with E-state index in [0.29, 0.717) is 56.8 Å². The van der Waals surface area contributed by atoms with Crippen molar-refractivity contribution < 1.29 is 53.0 Å². The van der Waals surface area contributed by atoms with E-state index in [2.05, 4.69) is 83.3 Å². The number of carbonyl (C=O) groups is 2. The minimum Gasteiger partial charge on any atom is -0.508 e. The number of phenolic OH excluding ortho intramolecular Hbond substituents is 1. The van der Waals surface area contributed by atoms with Gasteiger partial charge in [-0.05, 0) is 80.6 Å². The van der Waals surface area contributed by atoms with Crippen molar-refractivity contribution in [2.24, 2.45) is 5.41 Å². The Bertz CT molecular complexity index is 2260. The summed E-state index contributed by atoms with van der Waals surface area (Å²) in [4.78, 5) is 20.7. The van der Waals surface area contributed by atoms with Crippen molar-refractivity contribution in [2.75, 3.05) is 71.7 Å². The van der Waals surface area contributed by atoms with Crippen LogP contribution in [-0.2, 0) is 51.2 Å². The molecule has 3 saturated heterocycles. The molecule has 0 saturated carbocycles. The molecule has 118 heavy (non-hydrogen) atoms. The SMILES string of the molecule is CCC1(CC)COC1.CCCCCCCCCCCCCCCCCCCCCCCCCCCCCCCCCCCCCCCCCOC=O.CCCCCCCCCCO.CCCCCCCCCCS.CCCCCCCNCC.O=C1OCC(COCc2ccccc2)O1.Oc1ccccc1.c1ccc(COCC2CO2)cc1. The number of aliphatic hydroxyl groups excluding tert-OH is 1. The lowest BCUT2D eigenvalue weighted by atomic mass is 9.81. The van der Waals surface area contributed by atoms with Crippen molar-refractivity contribution in [1.29, 1.82) is 0 Å². The maximum atomic E-state index is 10.6. The van der Waals surface area contributed by atoms with Crippen LogP contribution in [0.5, 0.6) is 5.75 Å². The van der Waals surface area contributed by atoms with E-state index >= 15 is 0 Å². The Labute approximate surface area is 736 Å². The van der Waals surface area contributed by atoms with Gasteiger partial charge in [0.1, 0.15) is 18.5 Å². The molecule has 12 nitrogen and oxygen atoms in total. The zero-order valence-corrected chi connectivity index (χ0v) is 79.3.